The van der Waals surface area contributed by atoms with Crippen molar-refractivity contribution in [3.8, 4) is 0 Å². The first-order chi connectivity index (χ1) is 10.4. The summed E-state index contributed by atoms with van der Waals surface area (Å²) in [6.07, 6.45) is 0.268. The molecule has 116 valence electrons. The molecule has 0 aliphatic heterocycles. The number of amides is 1. The maximum Gasteiger partial charge on any atom is 0.339 e. The van der Waals surface area contributed by atoms with Crippen LogP contribution < -0.4 is 5.32 Å². The predicted molar refractivity (Wildman–Crippen MR) is 84.8 cm³/mol. The second kappa shape index (κ2) is 6.79. The van der Waals surface area contributed by atoms with Crippen LogP contribution in [-0.4, -0.2) is 17.0 Å². The number of furan rings is 1. The molecule has 1 aromatic carbocycles. The van der Waals surface area contributed by atoms with Gasteiger partial charge in [-0.1, -0.05) is 22.0 Å². The van der Waals surface area contributed by atoms with Crippen molar-refractivity contribution in [2.75, 3.05) is 0 Å². The van der Waals surface area contributed by atoms with Crippen LogP contribution in [0.15, 0.2) is 33.2 Å². The number of nitrogens with one attached hydrogen (secondary N) is 1. The van der Waals surface area contributed by atoms with Gasteiger partial charge >= 0.3 is 5.97 Å². The molecule has 22 heavy (non-hydrogen) atoms. The van der Waals surface area contributed by atoms with Crippen LogP contribution in [0.1, 0.15) is 33.0 Å². The molecule has 0 bridgehead atoms. The second-order valence-electron chi connectivity index (χ2n) is 5.01. The minimum absolute atomic E-state index is 0.119. The number of aryl methyl sites for hydroxylation is 2. The number of hydrogen-bond donors (Lipinski definition) is 2. The quantitative estimate of drug-likeness (QED) is 0.852. The van der Waals surface area contributed by atoms with Crippen LogP contribution in [-0.2, 0) is 17.8 Å². The summed E-state index contributed by atoms with van der Waals surface area (Å²) in [5.74, 6) is -0.419. The van der Waals surface area contributed by atoms with Gasteiger partial charge in [-0.25, -0.2) is 4.79 Å². The summed E-state index contributed by atoms with van der Waals surface area (Å²) in [6, 6.07) is 7.18. The molecule has 5 nitrogen and oxygen atoms in total. The average molecular weight is 366 g/mol. The smallest absolute Gasteiger partial charge is 0.339 e. The lowest BCUT2D eigenvalue weighted by atomic mass is 10.1. The Kier molecular flexibility index (Phi) is 5.03. The molecule has 0 atom stereocenters. The average Bonchev–Trinajstić information content (AvgIpc) is 2.81. The standard InChI is InChI=1S/C16H16BrNO4/c1-9-5-12(17)4-3-11(9)6-15(19)18-8-13-7-14(16(20)21)10(2)22-13/h3-5,7H,6,8H2,1-2H3,(H,18,19)(H,20,21). The summed E-state index contributed by atoms with van der Waals surface area (Å²) < 4.78 is 6.29. The van der Waals surface area contributed by atoms with E-state index >= 15 is 0 Å². The Bertz CT molecular complexity index is 721. The van der Waals surface area contributed by atoms with E-state index in [1.54, 1.807) is 6.92 Å². The van der Waals surface area contributed by atoms with Crippen molar-refractivity contribution in [3.05, 3.63) is 56.9 Å². The van der Waals surface area contributed by atoms with Crippen molar-refractivity contribution in [2.45, 2.75) is 26.8 Å². The van der Waals surface area contributed by atoms with Crippen molar-refractivity contribution >= 4 is 27.8 Å². The molecule has 0 aliphatic carbocycles. The SMILES string of the molecule is Cc1cc(Br)ccc1CC(=O)NCc1cc(C(=O)O)c(C)o1. The number of carboxylic acid groups (broad SMARTS) is 1. The monoisotopic (exact) mass is 365 g/mol. The summed E-state index contributed by atoms with van der Waals surface area (Å²) in [5.41, 5.74) is 2.10. The minimum Gasteiger partial charge on any atom is -0.478 e. The summed E-state index contributed by atoms with van der Waals surface area (Å²) >= 11 is 3.38. The highest BCUT2D eigenvalue weighted by atomic mass is 79.9. The van der Waals surface area contributed by atoms with E-state index in [1.807, 2.05) is 25.1 Å². The van der Waals surface area contributed by atoms with Crippen LogP contribution in [0, 0.1) is 13.8 Å². The molecule has 2 aromatic rings. The van der Waals surface area contributed by atoms with E-state index in [0.717, 1.165) is 15.6 Å². The van der Waals surface area contributed by atoms with Crippen LogP contribution in [0.4, 0.5) is 0 Å². The molecule has 0 saturated carbocycles. The van der Waals surface area contributed by atoms with Crippen molar-refractivity contribution in [1.29, 1.82) is 0 Å². The molecule has 0 fully saturated rings. The molecule has 1 aromatic heterocycles. The van der Waals surface area contributed by atoms with Crippen LogP contribution in [0.5, 0.6) is 0 Å². The molecule has 0 radical (unpaired) electrons. The fourth-order valence-corrected chi connectivity index (χ4v) is 2.60. The summed E-state index contributed by atoms with van der Waals surface area (Å²) in [7, 11) is 0. The third-order valence-electron chi connectivity index (χ3n) is 3.31. The largest absolute Gasteiger partial charge is 0.478 e. The van der Waals surface area contributed by atoms with Crippen LogP contribution in [0.3, 0.4) is 0 Å². The number of rotatable bonds is 5. The Labute approximate surface area is 136 Å². The number of carbonyl (C=O) groups is 2. The predicted octanol–water partition coefficient (Wildman–Crippen LogP) is 3.22. The molecule has 2 rings (SSSR count). The van der Waals surface area contributed by atoms with Gasteiger partial charge in [-0.3, -0.25) is 4.79 Å². The van der Waals surface area contributed by atoms with Crippen molar-refractivity contribution in [1.82, 2.24) is 5.32 Å². The van der Waals surface area contributed by atoms with E-state index in [0.29, 0.717) is 11.5 Å². The number of aromatic carboxylic acids is 1. The zero-order chi connectivity index (χ0) is 16.3. The highest BCUT2D eigenvalue weighted by Crippen LogP contribution is 2.17. The van der Waals surface area contributed by atoms with Crippen LogP contribution in [0.2, 0.25) is 0 Å². The Morgan fingerprint density at radius 3 is 2.59 bits per heavy atom. The molecule has 6 heteroatoms. The Hall–Kier alpha value is -2.08. The Morgan fingerprint density at radius 1 is 1.27 bits per heavy atom. The first-order valence-corrected chi connectivity index (χ1v) is 7.50. The highest BCUT2D eigenvalue weighted by Gasteiger charge is 2.14. The van der Waals surface area contributed by atoms with Gasteiger partial charge < -0.3 is 14.8 Å². The first kappa shape index (κ1) is 16.3. The number of carboxylic acids is 1. The third-order valence-corrected chi connectivity index (χ3v) is 3.81. The lowest BCUT2D eigenvalue weighted by molar-refractivity contribution is -0.120. The van der Waals surface area contributed by atoms with Gasteiger partial charge in [0.1, 0.15) is 17.1 Å². The van der Waals surface area contributed by atoms with Gasteiger partial charge in [0.05, 0.1) is 13.0 Å². The fraction of sp³-hybridized carbons (Fsp3) is 0.250. The van der Waals surface area contributed by atoms with Gasteiger partial charge in [-0.2, -0.15) is 0 Å². The van der Waals surface area contributed by atoms with E-state index in [4.69, 9.17) is 9.52 Å². The molecule has 2 N–H and O–H groups in total. The Morgan fingerprint density at radius 2 is 2.00 bits per heavy atom. The first-order valence-electron chi connectivity index (χ1n) is 6.71. The molecule has 1 heterocycles. The fourth-order valence-electron chi connectivity index (χ4n) is 2.12. The summed E-state index contributed by atoms with van der Waals surface area (Å²) in [4.78, 5) is 22.9. The van der Waals surface area contributed by atoms with Gasteiger partial charge in [-0.05, 0) is 43.2 Å². The second-order valence-corrected chi connectivity index (χ2v) is 5.93. The van der Waals surface area contributed by atoms with Crippen molar-refractivity contribution < 1.29 is 19.1 Å². The van der Waals surface area contributed by atoms with Gasteiger partial charge in [-0.15, -0.1) is 0 Å². The highest BCUT2D eigenvalue weighted by molar-refractivity contribution is 9.10. The lowest BCUT2D eigenvalue weighted by Crippen LogP contribution is -2.24. The maximum atomic E-state index is 12.0. The van der Waals surface area contributed by atoms with Crippen LogP contribution in [0.25, 0.3) is 0 Å². The normalized spacial score (nSPS) is 10.5. The Balaban J connectivity index is 1.95. The maximum absolute atomic E-state index is 12.0. The zero-order valence-corrected chi connectivity index (χ0v) is 13.9. The van der Waals surface area contributed by atoms with Crippen molar-refractivity contribution in [3.63, 3.8) is 0 Å². The van der Waals surface area contributed by atoms with Crippen LogP contribution >= 0.6 is 15.9 Å². The van der Waals surface area contributed by atoms with Gasteiger partial charge in [0.2, 0.25) is 5.91 Å². The zero-order valence-electron chi connectivity index (χ0n) is 12.3. The number of hydrogen-bond acceptors (Lipinski definition) is 3. The van der Waals surface area contributed by atoms with Gasteiger partial charge in [0.15, 0.2) is 0 Å². The molecular weight excluding hydrogens is 350 g/mol. The van der Waals surface area contributed by atoms with E-state index in [1.165, 1.54) is 6.07 Å². The van der Waals surface area contributed by atoms with E-state index in [-0.39, 0.29) is 24.4 Å². The molecule has 0 unspecified atom stereocenters. The lowest BCUT2D eigenvalue weighted by Gasteiger charge is -2.07. The number of halogens is 1. The van der Waals surface area contributed by atoms with Crippen molar-refractivity contribution in [2.24, 2.45) is 0 Å². The number of benzene rings is 1. The van der Waals surface area contributed by atoms with E-state index < -0.39 is 5.97 Å². The molecule has 0 aliphatic rings. The molecule has 0 saturated heterocycles. The van der Waals surface area contributed by atoms with E-state index in [9.17, 15) is 9.59 Å². The van der Waals surface area contributed by atoms with Gasteiger partial charge in [0, 0.05) is 4.47 Å². The summed E-state index contributed by atoms with van der Waals surface area (Å²) in [6.45, 7) is 3.70. The molecule has 1 amide bonds. The molecule has 0 spiro atoms. The summed E-state index contributed by atoms with van der Waals surface area (Å²) in [5, 5.41) is 11.7. The third kappa shape index (κ3) is 3.98. The molecular formula is C16H16BrNO4. The number of carbonyl (C=O) groups excluding carboxylic acids is 1. The minimum atomic E-state index is -1.04. The van der Waals surface area contributed by atoms with Gasteiger partial charge in [0.25, 0.3) is 0 Å². The van der Waals surface area contributed by atoms with E-state index in [2.05, 4.69) is 21.2 Å². The topological polar surface area (TPSA) is 79.5 Å².